The first-order valence-electron chi connectivity index (χ1n) is 5.06. The zero-order chi connectivity index (χ0) is 12.3. The van der Waals surface area contributed by atoms with Gasteiger partial charge in [0.25, 0.3) is 5.91 Å². The van der Waals surface area contributed by atoms with Crippen LogP contribution >= 0.6 is 15.9 Å². The molecule has 0 saturated carbocycles. The van der Waals surface area contributed by atoms with Gasteiger partial charge in [-0.25, -0.2) is 0 Å². The third-order valence-corrected chi connectivity index (χ3v) is 2.97. The van der Waals surface area contributed by atoms with E-state index in [4.69, 9.17) is 0 Å². The summed E-state index contributed by atoms with van der Waals surface area (Å²) in [6, 6.07) is 5.41. The molecule has 1 aromatic carbocycles. The summed E-state index contributed by atoms with van der Waals surface area (Å²) in [4.78, 5) is 11.7. The molecule has 0 heterocycles. The van der Waals surface area contributed by atoms with E-state index in [1.807, 2.05) is 13.0 Å². The fraction of sp³-hybridized carbons (Fsp3) is 0.417. The average Bonchev–Trinajstić information content (AvgIpc) is 2.17. The van der Waals surface area contributed by atoms with Gasteiger partial charge in [-0.3, -0.25) is 4.79 Å². The minimum atomic E-state index is -0.891. The maximum absolute atomic E-state index is 11.7. The molecule has 0 spiro atoms. The van der Waals surface area contributed by atoms with Crippen molar-refractivity contribution in [3.63, 3.8) is 0 Å². The number of rotatable bonds is 3. The molecule has 0 atom stereocenters. The van der Waals surface area contributed by atoms with Gasteiger partial charge in [0.15, 0.2) is 0 Å². The van der Waals surface area contributed by atoms with Crippen molar-refractivity contribution in [2.45, 2.75) is 26.4 Å². The number of hydrogen-bond donors (Lipinski definition) is 2. The Morgan fingerprint density at radius 1 is 1.50 bits per heavy atom. The molecular formula is C12H16BrNO2. The summed E-state index contributed by atoms with van der Waals surface area (Å²) in [6.07, 6.45) is 0. The van der Waals surface area contributed by atoms with Gasteiger partial charge in [0.2, 0.25) is 0 Å². The van der Waals surface area contributed by atoms with Gasteiger partial charge in [0, 0.05) is 16.6 Å². The highest BCUT2D eigenvalue weighted by atomic mass is 79.9. The predicted molar refractivity (Wildman–Crippen MR) is 67.5 cm³/mol. The van der Waals surface area contributed by atoms with E-state index >= 15 is 0 Å². The molecule has 16 heavy (non-hydrogen) atoms. The van der Waals surface area contributed by atoms with Crippen molar-refractivity contribution in [1.82, 2.24) is 5.32 Å². The van der Waals surface area contributed by atoms with E-state index in [-0.39, 0.29) is 12.5 Å². The van der Waals surface area contributed by atoms with Crippen LogP contribution in [0.4, 0.5) is 0 Å². The van der Waals surface area contributed by atoms with Crippen LogP contribution in [0.5, 0.6) is 0 Å². The van der Waals surface area contributed by atoms with Crippen molar-refractivity contribution in [3.8, 4) is 0 Å². The highest BCUT2D eigenvalue weighted by Crippen LogP contribution is 2.17. The summed E-state index contributed by atoms with van der Waals surface area (Å²) in [5.41, 5.74) is 0.776. The molecule has 0 bridgehead atoms. The zero-order valence-electron chi connectivity index (χ0n) is 9.67. The molecule has 0 aliphatic heterocycles. The number of carbonyl (C=O) groups is 1. The van der Waals surface area contributed by atoms with E-state index in [0.717, 1.165) is 10.0 Å². The Kier molecular flexibility index (Phi) is 4.10. The van der Waals surface area contributed by atoms with E-state index < -0.39 is 5.60 Å². The average molecular weight is 286 g/mol. The van der Waals surface area contributed by atoms with Crippen molar-refractivity contribution < 1.29 is 9.90 Å². The molecule has 0 radical (unpaired) electrons. The number of carbonyl (C=O) groups excluding carboxylic acids is 1. The lowest BCUT2D eigenvalue weighted by atomic mass is 10.1. The van der Waals surface area contributed by atoms with Crippen LogP contribution in [-0.4, -0.2) is 23.2 Å². The Labute approximate surface area is 104 Å². The number of nitrogens with one attached hydrogen (secondary N) is 1. The number of aliphatic hydroxyl groups is 1. The van der Waals surface area contributed by atoms with Crippen LogP contribution < -0.4 is 5.32 Å². The summed E-state index contributed by atoms with van der Waals surface area (Å²) >= 11 is 3.38. The second-order valence-electron chi connectivity index (χ2n) is 4.46. The Morgan fingerprint density at radius 3 is 2.62 bits per heavy atom. The van der Waals surface area contributed by atoms with Crippen molar-refractivity contribution in [2.24, 2.45) is 0 Å². The summed E-state index contributed by atoms with van der Waals surface area (Å²) in [7, 11) is 0. The number of hydrogen-bond acceptors (Lipinski definition) is 2. The fourth-order valence-corrected chi connectivity index (χ4v) is 1.51. The van der Waals surface area contributed by atoms with Crippen LogP contribution in [0, 0.1) is 6.92 Å². The third kappa shape index (κ3) is 3.94. The largest absolute Gasteiger partial charge is 0.389 e. The first-order chi connectivity index (χ1) is 7.29. The molecule has 1 amide bonds. The second-order valence-corrected chi connectivity index (χ2v) is 5.31. The first-order valence-corrected chi connectivity index (χ1v) is 5.85. The molecule has 4 heteroatoms. The highest BCUT2D eigenvalue weighted by molar-refractivity contribution is 9.10. The van der Waals surface area contributed by atoms with Crippen LogP contribution in [0.15, 0.2) is 22.7 Å². The van der Waals surface area contributed by atoms with Gasteiger partial charge in [-0.15, -0.1) is 0 Å². The van der Waals surface area contributed by atoms with Crippen LogP contribution in [-0.2, 0) is 0 Å². The van der Waals surface area contributed by atoms with E-state index in [0.29, 0.717) is 5.56 Å². The molecule has 1 rings (SSSR count). The summed E-state index contributed by atoms with van der Waals surface area (Å²) in [5.74, 6) is -0.178. The Balaban J connectivity index is 2.70. The topological polar surface area (TPSA) is 49.3 Å². The standard InChI is InChI=1S/C12H16BrNO2/c1-8-4-5-9(6-10(8)13)11(15)14-7-12(2,3)16/h4-6,16H,7H2,1-3H3,(H,14,15). The lowest BCUT2D eigenvalue weighted by molar-refractivity contribution is 0.0694. The molecule has 0 saturated heterocycles. The SMILES string of the molecule is Cc1ccc(C(=O)NCC(C)(C)O)cc1Br. The lowest BCUT2D eigenvalue weighted by Crippen LogP contribution is -2.38. The minimum absolute atomic E-state index is 0.178. The van der Waals surface area contributed by atoms with E-state index in [1.165, 1.54) is 0 Å². The maximum Gasteiger partial charge on any atom is 0.251 e. The van der Waals surface area contributed by atoms with Gasteiger partial charge < -0.3 is 10.4 Å². The minimum Gasteiger partial charge on any atom is -0.389 e. The molecule has 0 aliphatic rings. The monoisotopic (exact) mass is 285 g/mol. The van der Waals surface area contributed by atoms with E-state index in [2.05, 4.69) is 21.2 Å². The molecule has 88 valence electrons. The summed E-state index contributed by atoms with van der Waals surface area (Å²) < 4.78 is 0.906. The Hall–Kier alpha value is -0.870. The van der Waals surface area contributed by atoms with Crippen molar-refractivity contribution >= 4 is 21.8 Å². The number of aryl methyl sites for hydroxylation is 1. The first kappa shape index (κ1) is 13.2. The third-order valence-electron chi connectivity index (χ3n) is 2.12. The fourth-order valence-electron chi connectivity index (χ4n) is 1.13. The molecule has 0 unspecified atom stereocenters. The molecule has 0 aliphatic carbocycles. The molecular weight excluding hydrogens is 270 g/mol. The van der Waals surface area contributed by atoms with Crippen LogP contribution in [0.2, 0.25) is 0 Å². The Bertz CT molecular complexity index is 396. The van der Waals surface area contributed by atoms with Crippen molar-refractivity contribution in [1.29, 1.82) is 0 Å². The van der Waals surface area contributed by atoms with Gasteiger partial charge in [0.1, 0.15) is 0 Å². The molecule has 2 N–H and O–H groups in total. The Morgan fingerprint density at radius 2 is 2.12 bits per heavy atom. The molecule has 3 nitrogen and oxygen atoms in total. The van der Waals surface area contributed by atoms with Crippen LogP contribution in [0.3, 0.4) is 0 Å². The number of halogens is 1. The van der Waals surface area contributed by atoms with Gasteiger partial charge in [0.05, 0.1) is 5.60 Å². The lowest BCUT2D eigenvalue weighted by Gasteiger charge is -2.17. The van der Waals surface area contributed by atoms with Crippen LogP contribution in [0.1, 0.15) is 29.8 Å². The number of amides is 1. The molecule has 0 fully saturated rings. The second kappa shape index (κ2) is 4.97. The van der Waals surface area contributed by atoms with Crippen LogP contribution in [0.25, 0.3) is 0 Å². The summed E-state index contributed by atoms with van der Waals surface area (Å²) in [6.45, 7) is 5.50. The predicted octanol–water partition coefficient (Wildman–Crippen LogP) is 2.26. The van der Waals surface area contributed by atoms with Gasteiger partial charge in [-0.05, 0) is 38.5 Å². The van der Waals surface area contributed by atoms with E-state index in [1.54, 1.807) is 26.0 Å². The zero-order valence-corrected chi connectivity index (χ0v) is 11.3. The van der Waals surface area contributed by atoms with E-state index in [9.17, 15) is 9.90 Å². The molecule has 0 aromatic heterocycles. The van der Waals surface area contributed by atoms with Crippen molar-refractivity contribution in [2.75, 3.05) is 6.54 Å². The quantitative estimate of drug-likeness (QED) is 0.895. The van der Waals surface area contributed by atoms with Crippen molar-refractivity contribution in [3.05, 3.63) is 33.8 Å². The normalized spacial score (nSPS) is 11.3. The van der Waals surface area contributed by atoms with Gasteiger partial charge in [-0.2, -0.15) is 0 Å². The van der Waals surface area contributed by atoms with Gasteiger partial charge in [-0.1, -0.05) is 22.0 Å². The summed E-state index contributed by atoms with van der Waals surface area (Å²) in [5, 5.41) is 12.2. The highest BCUT2D eigenvalue weighted by Gasteiger charge is 2.14. The smallest absolute Gasteiger partial charge is 0.251 e. The van der Waals surface area contributed by atoms with Gasteiger partial charge >= 0.3 is 0 Å². The maximum atomic E-state index is 11.7. The molecule has 1 aromatic rings. The number of benzene rings is 1.